The average molecular weight is 391 g/mol. The quantitative estimate of drug-likeness (QED) is 0.815. The Hall–Kier alpha value is -2.35. The first-order chi connectivity index (χ1) is 12.8. The number of hydrogen-bond donors (Lipinski definition) is 1. The van der Waals surface area contributed by atoms with E-state index in [1.165, 1.54) is 4.31 Å². The van der Waals surface area contributed by atoms with Crippen LogP contribution >= 0.6 is 0 Å². The number of rotatable bonds is 6. The summed E-state index contributed by atoms with van der Waals surface area (Å²) < 4.78 is 28.9. The van der Waals surface area contributed by atoms with E-state index in [0.29, 0.717) is 18.7 Å². The van der Waals surface area contributed by atoms with E-state index in [-0.39, 0.29) is 18.9 Å². The first kappa shape index (κ1) is 19.4. The van der Waals surface area contributed by atoms with Crippen molar-refractivity contribution < 1.29 is 13.2 Å². The molecule has 1 saturated heterocycles. The first-order valence-corrected chi connectivity index (χ1v) is 10.7. The third-order valence-corrected chi connectivity index (χ3v) is 7.37. The molecule has 1 N–H and O–H groups in total. The molecule has 1 unspecified atom stereocenters. The molecule has 1 amide bonds. The molecule has 27 heavy (non-hydrogen) atoms. The van der Waals surface area contributed by atoms with Crippen molar-refractivity contribution in [1.29, 1.82) is 0 Å². The molecule has 0 spiro atoms. The lowest BCUT2D eigenvalue weighted by Gasteiger charge is -2.19. The van der Waals surface area contributed by atoms with Gasteiger partial charge < -0.3 is 5.32 Å². The van der Waals surface area contributed by atoms with E-state index in [4.69, 9.17) is 0 Å². The lowest BCUT2D eigenvalue weighted by Crippen LogP contribution is -2.38. The maximum Gasteiger partial charge on any atom is 0.239 e. The Morgan fingerprint density at radius 3 is 2.59 bits per heavy atom. The van der Waals surface area contributed by atoms with Gasteiger partial charge in [0.15, 0.2) is 0 Å². The van der Waals surface area contributed by atoms with Crippen molar-refractivity contribution in [1.82, 2.24) is 15.1 Å². The van der Waals surface area contributed by atoms with Gasteiger partial charge in [0.2, 0.25) is 15.9 Å². The summed E-state index contributed by atoms with van der Waals surface area (Å²) in [5.74, 6) is -0.176. The summed E-state index contributed by atoms with van der Waals surface area (Å²) in [5, 5.41) is 6.63. The third-order valence-electron chi connectivity index (χ3n) is 5.12. The smallest absolute Gasteiger partial charge is 0.239 e. The van der Waals surface area contributed by atoms with Crippen LogP contribution in [0, 0.1) is 13.8 Å². The third kappa shape index (κ3) is 3.85. The number of aryl methyl sites for hydroxylation is 2. The van der Waals surface area contributed by atoms with Crippen molar-refractivity contribution in [2.45, 2.75) is 45.4 Å². The van der Waals surface area contributed by atoms with Gasteiger partial charge in [0.1, 0.15) is 0 Å². The molecule has 1 atom stereocenters. The maximum absolute atomic E-state index is 12.8. The fourth-order valence-corrected chi connectivity index (χ4v) is 5.38. The number of anilines is 1. The van der Waals surface area contributed by atoms with Crippen LogP contribution in [0.4, 0.5) is 5.69 Å². The highest BCUT2D eigenvalue weighted by molar-refractivity contribution is 7.93. The molecule has 1 aliphatic heterocycles. The van der Waals surface area contributed by atoms with Gasteiger partial charge >= 0.3 is 0 Å². The summed E-state index contributed by atoms with van der Waals surface area (Å²) in [7, 11) is -3.46. The minimum atomic E-state index is -3.46. The second kappa shape index (κ2) is 7.72. The zero-order valence-electron chi connectivity index (χ0n) is 16.0. The summed E-state index contributed by atoms with van der Waals surface area (Å²) >= 11 is 0. The minimum Gasteiger partial charge on any atom is -0.354 e. The second-order valence-electron chi connectivity index (χ2n) is 6.81. The largest absolute Gasteiger partial charge is 0.354 e. The van der Waals surface area contributed by atoms with Crippen molar-refractivity contribution in [3.05, 3.63) is 47.3 Å². The fourth-order valence-electron chi connectivity index (χ4n) is 3.54. The van der Waals surface area contributed by atoms with Crippen LogP contribution in [-0.4, -0.2) is 42.4 Å². The Bertz CT molecular complexity index is 922. The topological polar surface area (TPSA) is 84.3 Å². The van der Waals surface area contributed by atoms with Gasteiger partial charge in [-0.1, -0.05) is 18.2 Å². The van der Waals surface area contributed by atoms with Crippen molar-refractivity contribution in [2.24, 2.45) is 0 Å². The van der Waals surface area contributed by atoms with Crippen LogP contribution in [0.3, 0.4) is 0 Å². The maximum atomic E-state index is 12.8. The van der Waals surface area contributed by atoms with Gasteiger partial charge in [-0.05, 0) is 39.3 Å². The van der Waals surface area contributed by atoms with Crippen molar-refractivity contribution in [3.8, 4) is 0 Å². The highest BCUT2D eigenvalue weighted by atomic mass is 32.2. The monoisotopic (exact) mass is 390 g/mol. The van der Waals surface area contributed by atoms with E-state index in [1.54, 1.807) is 12.1 Å². The Morgan fingerprint density at radius 2 is 1.96 bits per heavy atom. The van der Waals surface area contributed by atoms with Gasteiger partial charge in [-0.2, -0.15) is 5.10 Å². The van der Waals surface area contributed by atoms with Gasteiger partial charge in [0.05, 0.1) is 23.1 Å². The first-order valence-electron chi connectivity index (χ1n) is 9.20. The van der Waals surface area contributed by atoms with Crippen LogP contribution in [0.1, 0.15) is 30.3 Å². The van der Waals surface area contributed by atoms with Crippen LogP contribution in [0.15, 0.2) is 30.3 Å². The normalized spacial score (nSPS) is 18.6. The summed E-state index contributed by atoms with van der Waals surface area (Å²) in [6.45, 7) is 7.17. The zero-order valence-corrected chi connectivity index (χ0v) is 16.8. The summed E-state index contributed by atoms with van der Waals surface area (Å²) in [5.41, 5.74) is 3.40. The molecule has 0 radical (unpaired) electrons. The van der Waals surface area contributed by atoms with E-state index < -0.39 is 15.3 Å². The van der Waals surface area contributed by atoms with Gasteiger partial charge in [0.25, 0.3) is 0 Å². The second-order valence-corrected chi connectivity index (χ2v) is 8.95. The molecule has 0 saturated carbocycles. The molecule has 1 fully saturated rings. The molecule has 7 nitrogen and oxygen atoms in total. The average Bonchev–Trinajstić information content (AvgIpc) is 3.10. The van der Waals surface area contributed by atoms with E-state index in [0.717, 1.165) is 23.5 Å². The summed E-state index contributed by atoms with van der Waals surface area (Å²) in [6, 6.07) is 9.07. The number of carbonyl (C=O) groups excluding carboxylic acids is 1. The molecule has 2 heterocycles. The number of para-hydroxylation sites is 1. The fraction of sp³-hybridized carbons (Fsp3) is 0.474. The van der Waals surface area contributed by atoms with Gasteiger partial charge in [-0.3, -0.25) is 13.8 Å². The Balaban J connectivity index is 1.62. The predicted molar refractivity (Wildman–Crippen MR) is 105 cm³/mol. The molecule has 146 valence electrons. The zero-order chi connectivity index (χ0) is 19.6. The Labute approximate surface area is 160 Å². The van der Waals surface area contributed by atoms with E-state index in [9.17, 15) is 13.2 Å². The Morgan fingerprint density at radius 1 is 1.26 bits per heavy atom. The molecule has 8 heteroatoms. The molecule has 0 bridgehead atoms. The standard InChI is InChI=1S/C19H26N4O3S/c1-4-22-15(3)18(14(2)21-22)12-19(24)20-13-17-10-11-23(27(17,25)26)16-8-6-5-7-9-16/h5-9,17H,4,10-13H2,1-3H3,(H,20,24). The summed E-state index contributed by atoms with van der Waals surface area (Å²) in [4.78, 5) is 12.4. The number of nitrogens with one attached hydrogen (secondary N) is 1. The predicted octanol–water partition coefficient (Wildman–Crippen LogP) is 1.79. The van der Waals surface area contributed by atoms with Crippen LogP contribution in [0.5, 0.6) is 0 Å². The number of benzene rings is 1. The van der Waals surface area contributed by atoms with Crippen LogP contribution in [0.2, 0.25) is 0 Å². The molecule has 2 aromatic rings. The molecule has 1 aromatic carbocycles. The number of amides is 1. The Kier molecular flexibility index (Phi) is 5.55. The molecule has 0 aliphatic carbocycles. The minimum absolute atomic E-state index is 0.129. The van der Waals surface area contributed by atoms with Crippen molar-refractivity contribution in [2.75, 3.05) is 17.4 Å². The van der Waals surface area contributed by atoms with Gasteiger partial charge in [-0.25, -0.2) is 8.42 Å². The van der Waals surface area contributed by atoms with Gasteiger partial charge in [0, 0.05) is 30.9 Å². The molecule has 1 aliphatic rings. The highest BCUT2D eigenvalue weighted by Crippen LogP contribution is 2.28. The number of nitrogens with zero attached hydrogens (tertiary/aromatic N) is 3. The van der Waals surface area contributed by atoms with E-state index in [1.807, 2.05) is 43.7 Å². The number of sulfonamides is 1. The lowest BCUT2D eigenvalue weighted by molar-refractivity contribution is -0.120. The number of carbonyl (C=O) groups is 1. The SMILES string of the molecule is CCn1nc(C)c(CC(=O)NCC2CCN(c3ccccc3)S2(=O)=O)c1C. The molecule has 1 aromatic heterocycles. The van der Waals surface area contributed by atoms with Crippen molar-refractivity contribution in [3.63, 3.8) is 0 Å². The number of hydrogen-bond acceptors (Lipinski definition) is 4. The van der Waals surface area contributed by atoms with Crippen molar-refractivity contribution >= 4 is 21.6 Å². The molecular formula is C19H26N4O3S. The van der Waals surface area contributed by atoms with Crippen LogP contribution in [-0.2, 0) is 27.8 Å². The molecular weight excluding hydrogens is 364 g/mol. The van der Waals surface area contributed by atoms with E-state index in [2.05, 4.69) is 10.4 Å². The highest BCUT2D eigenvalue weighted by Gasteiger charge is 2.38. The lowest BCUT2D eigenvalue weighted by atomic mass is 10.1. The van der Waals surface area contributed by atoms with Crippen LogP contribution < -0.4 is 9.62 Å². The summed E-state index contributed by atoms with van der Waals surface area (Å²) in [6.07, 6.45) is 0.718. The number of aromatic nitrogens is 2. The van der Waals surface area contributed by atoms with E-state index >= 15 is 0 Å². The van der Waals surface area contributed by atoms with Gasteiger partial charge in [-0.15, -0.1) is 0 Å². The molecule has 3 rings (SSSR count). The van der Waals surface area contributed by atoms with Crippen LogP contribution in [0.25, 0.3) is 0 Å².